The van der Waals surface area contributed by atoms with Gasteiger partial charge in [-0.2, -0.15) is 5.10 Å². The van der Waals surface area contributed by atoms with Crippen molar-refractivity contribution in [1.82, 2.24) is 24.6 Å². The van der Waals surface area contributed by atoms with Crippen molar-refractivity contribution in [2.24, 2.45) is 0 Å². The Morgan fingerprint density at radius 3 is 2.65 bits per heavy atom. The van der Waals surface area contributed by atoms with Crippen molar-refractivity contribution in [2.75, 3.05) is 0 Å². The van der Waals surface area contributed by atoms with Crippen LogP contribution in [0.15, 0.2) is 30.3 Å². The third-order valence-corrected chi connectivity index (χ3v) is 4.09. The van der Waals surface area contributed by atoms with Gasteiger partial charge in [-0.05, 0) is 38.5 Å². The fourth-order valence-electron chi connectivity index (χ4n) is 2.71. The number of hydrogen-bond acceptors (Lipinski definition) is 4. The minimum absolute atomic E-state index is 0.529. The molecule has 3 aromatic heterocycles. The quantitative estimate of drug-likeness (QED) is 0.498. The van der Waals surface area contributed by atoms with E-state index in [1.54, 1.807) is 10.6 Å². The lowest BCUT2D eigenvalue weighted by Gasteiger charge is -2.05. The Bertz CT molecular complexity index is 1070. The van der Waals surface area contributed by atoms with Crippen LogP contribution in [-0.4, -0.2) is 24.6 Å². The normalized spacial score (nSPS) is 11.5. The van der Waals surface area contributed by atoms with Gasteiger partial charge in [0.05, 0.1) is 16.7 Å². The lowest BCUT2D eigenvalue weighted by atomic mass is 10.1. The molecule has 0 radical (unpaired) electrons. The molecule has 0 saturated heterocycles. The molecule has 0 unspecified atom stereocenters. The first-order valence-corrected chi connectivity index (χ1v) is 7.68. The second-order valence-electron chi connectivity index (χ2n) is 5.62. The highest BCUT2D eigenvalue weighted by atomic mass is 35.5. The number of aryl methyl sites for hydroxylation is 3. The van der Waals surface area contributed by atoms with Crippen LogP contribution in [0.3, 0.4) is 0 Å². The van der Waals surface area contributed by atoms with Crippen LogP contribution >= 0.6 is 11.6 Å². The lowest BCUT2D eigenvalue weighted by Crippen LogP contribution is -1.97. The van der Waals surface area contributed by atoms with Crippen LogP contribution in [0.1, 0.15) is 17.0 Å². The molecule has 0 amide bonds. The summed E-state index contributed by atoms with van der Waals surface area (Å²) in [6, 6.07) is 9.65. The SMILES string of the molecule is Cc1cc(Cl)n2nc(-c3nc4cccc(C)c4nc3C)cc2n1. The smallest absolute Gasteiger partial charge is 0.157 e. The van der Waals surface area contributed by atoms with E-state index in [1.807, 2.05) is 45.0 Å². The minimum atomic E-state index is 0.529. The molecule has 0 aliphatic heterocycles. The molecule has 4 rings (SSSR count). The van der Waals surface area contributed by atoms with Gasteiger partial charge < -0.3 is 0 Å². The third kappa shape index (κ3) is 2.24. The van der Waals surface area contributed by atoms with E-state index in [4.69, 9.17) is 21.6 Å². The Hall–Kier alpha value is -2.53. The maximum atomic E-state index is 6.24. The van der Waals surface area contributed by atoms with Crippen LogP contribution in [0, 0.1) is 20.8 Å². The van der Waals surface area contributed by atoms with Crippen LogP contribution in [0.5, 0.6) is 0 Å². The number of benzene rings is 1. The standard InChI is InChI=1S/C17H14ClN5/c1-9-5-4-6-12-16(9)20-11(3)17(21-12)13-8-15-19-10(2)7-14(18)23(15)22-13/h4-8H,1-3H3. The van der Waals surface area contributed by atoms with Gasteiger partial charge in [0.2, 0.25) is 0 Å². The Labute approximate surface area is 138 Å². The zero-order valence-electron chi connectivity index (χ0n) is 13.0. The van der Waals surface area contributed by atoms with Crippen molar-refractivity contribution in [3.05, 3.63) is 52.4 Å². The minimum Gasteiger partial charge on any atom is -0.249 e. The van der Waals surface area contributed by atoms with Crippen LogP contribution < -0.4 is 0 Å². The van der Waals surface area contributed by atoms with Crippen LogP contribution in [0.4, 0.5) is 0 Å². The largest absolute Gasteiger partial charge is 0.249 e. The van der Waals surface area contributed by atoms with Crippen LogP contribution in [0.25, 0.3) is 28.1 Å². The average molecular weight is 324 g/mol. The molecule has 6 heteroatoms. The Balaban J connectivity index is 1.98. The van der Waals surface area contributed by atoms with E-state index in [9.17, 15) is 0 Å². The summed E-state index contributed by atoms with van der Waals surface area (Å²) in [5.74, 6) is 0. The molecule has 0 atom stereocenters. The number of rotatable bonds is 1. The van der Waals surface area contributed by atoms with Crippen LogP contribution in [-0.2, 0) is 0 Å². The molecular weight excluding hydrogens is 310 g/mol. The van der Waals surface area contributed by atoms with Crippen molar-refractivity contribution >= 4 is 28.3 Å². The molecule has 3 heterocycles. The van der Waals surface area contributed by atoms with Crippen LogP contribution in [0.2, 0.25) is 5.15 Å². The van der Waals surface area contributed by atoms with Gasteiger partial charge in [0.25, 0.3) is 0 Å². The van der Waals surface area contributed by atoms with Gasteiger partial charge in [-0.1, -0.05) is 23.7 Å². The molecule has 0 saturated carbocycles. The van der Waals surface area contributed by atoms with E-state index >= 15 is 0 Å². The van der Waals surface area contributed by atoms with E-state index in [0.717, 1.165) is 39.4 Å². The number of para-hydroxylation sites is 1. The van der Waals surface area contributed by atoms with Gasteiger partial charge >= 0.3 is 0 Å². The molecule has 114 valence electrons. The van der Waals surface area contributed by atoms with E-state index in [2.05, 4.69) is 10.1 Å². The maximum absolute atomic E-state index is 6.24. The highest BCUT2D eigenvalue weighted by molar-refractivity contribution is 6.29. The summed E-state index contributed by atoms with van der Waals surface area (Å²) in [4.78, 5) is 13.9. The summed E-state index contributed by atoms with van der Waals surface area (Å²) in [5.41, 5.74) is 6.76. The molecule has 1 aromatic carbocycles. The molecular formula is C17H14ClN5. The van der Waals surface area contributed by atoms with Crippen molar-refractivity contribution in [1.29, 1.82) is 0 Å². The Morgan fingerprint density at radius 1 is 1.00 bits per heavy atom. The van der Waals surface area contributed by atoms with Gasteiger partial charge in [0, 0.05) is 11.8 Å². The predicted octanol–water partition coefficient (Wildman–Crippen LogP) is 3.92. The maximum Gasteiger partial charge on any atom is 0.157 e. The molecule has 4 aromatic rings. The predicted molar refractivity (Wildman–Crippen MR) is 90.7 cm³/mol. The summed E-state index contributed by atoms with van der Waals surface area (Å²) < 4.78 is 1.62. The summed E-state index contributed by atoms with van der Waals surface area (Å²) in [6.45, 7) is 5.88. The second kappa shape index (κ2) is 4.99. The number of aromatic nitrogens is 5. The van der Waals surface area contributed by atoms with Gasteiger partial charge in [-0.3, -0.25) is 0 Å². The average Bonchev–Trinajstić information content (AvgIpc) is 2.91. The number of fused-ring (bicyclic) bond motifs is 2. The topological polar surface area (TPSA) is 56.0 Å². The monoisotopic (exact) mass is 323 g/mol. The fraction of sp³-hybridized carbons (Fsp3) is 0.176. The van der Waals surface area contributed by atoms with Crippen molar-refractivity contribution in [3.8, 4) is 11.4 Å². The molecule has 0 bridgehead atoms. The van der Waals surface area contributed by atoms with Gasteiger partial charge in [-0.15, -0.1) is 0 Å². The highest BCUT2D eigenvalue weighted by Gasteiger charge is 2.14. The third-order valence-electron chi connectivity index (χ3n) is 3.83. The molecule has 5 nitrogen and oxygen atoms in total. The Morgan fingerprint density at radius 2 is 1.83 bits per heavy atom. The first-order chi connectivity index (χ1) is 11.0. The fourth-order valence-corrected chi connectivity index (χ4v) is 3.00. The Kier molecular flexibility index (Phi) is 3.06. The summed E-state index contributed by atoms with van der Waals surface area (Å²) in [6.07, 6.45) is 0. The lowest BCUT2D eigenvalue weighted by molar-refractivity contribution is 0.930. The van der Waals surface area contributed by atoms with E-state index in [0.29, 0.717) is 10.8 Å². The molecule has 0 aliphatic carbocycles. The highest BCUT2D eigenvalue weighted by Crippen LogP contribution is 2.25. The van der Waals surface area contributed by atoms with Gasteiger partial charge in [0.15, 0.2) is 5.65 Å². The van der Waals surface area contributed by atoms with E-state index in [-0.39, 0.29) is 0 Å². The second-order valence-corrected chi connectivity index (χ2v) is 6.01. The van der Waals surface area contributed by atoms with Crippen molar-refractivity contribution < 1.29 is 0 Å². The van der Waals surface area contributed by atoms with Gasteiger partial charge in [-0.25, -0.2) is 19.5 Å². The molecule has 0 aliphatic rings. The summed E-state index contributed by atoms with van der Waals surface area (Å²) >= 11 is 6.24. The zero-order chi connectivity index (χ0) is 16.1. The molecule has 23 heavy (non-hydrogen) atoms. The molecule has 0 fully saturated rings. The van der Waals surface area contributed by atoms with Crippen molar-refractivity contribution in [2.45, 2.75) is 20.8 Å². The molecule has 0 spiro atoms. The summed E-state index contributed by atoms with van der Waals surface area (Å²) in [7, 11) is 0. The molecule has 0 N–H and O–H groups in total. The van der Waals surface area contributed by atoms with Crippen molar-refractivity contribution in [3.63, 3.8) is 0 Å². The zero-order valence-corrected chi connectivity index (χ0v) is 13.8. The number of hydrogen-bond donors (Lipinski definition) is 0. The number of halogens is 1. The first-order valence-electron chi connectivity index (χ1n) is 7.30. The number of nitrogens with zero attached hydrogens (tertiary/aromatic N) is 5. The van der Waals surface area contributed by atoms with E-state index < -0.39 is 0 Å². The first kappa shape index (κ1) is 14.1. The van der Waals surface area contributed by atoms with E-state index in [1.165, 1.54) is 0 Å². The van der Waals surface area contributed by atoms with Gasteiger partial charge in [0.1, 0.15) is 16.5 Å². The summed E-state index contributed by atoms with van der Waals surface area (Å²) in [5, 5.41) is 5.06.